The summed E-state index contributed by atoms with van der Waals surface area (Å²) in [6.45, 7) is 7.66. The normalized spacial score (nSPS) is 11.0. The lowest BCUT2D eigenvalue weighted by molar-refractivity contribution is 0.523. The van der Waals surface area contributed by atoms with E-state index in [0.29, 0.717) is 5.82 Å². The molecule has 1 aromatic rings. The first-order valence-corrected chi connectivity index (χ1v) is 7.99. The third-order valence-corrected chi connectivity index (χ3v) is 3.28. The molecule has 20 heavy (non-hydrogen) atoms. The fraction of sp³-hybridized carbons (Fsp3) is 0.750. The number of nitrogen functional groups attached to an aromatic ring is 1. The van der Waals surface area contributed by atoms with Crippen molar-refractivity contribution in [2.24, 2.45) is 5.92 Å². The Balaban J connectivity index is 2.21. The predicted octanol–water partition coefficient (Wildman–Crippen LogP) is 4.03. The van der Waals surface area contributed by atoms with Gasteiger partial charge in [0.15, 0.2) is 0 Å². The summed E-state index contributed by atoms with van der Waals surface area (Å²) in [7, 11) is 0. The van der Waals surface area contributed by atoms with Gasteiger partial charge in [0.05, 0.1) is 0 Å². The zero-order valence-electron chi connectivity index (χ0n) is 13.3. The minimum absolute atomic E-state index is 0.558. The molecule has 0 aliphatic rings. The van der Waals surface area contributed by atoms with Crippen molar-refractivity contribution < 1.29 is 0 Å². The molecule has 0 bridgehead atoms. The predicted molar refractivity (Wildman–Crippen MR) is 86.9 cm³/mol. The van der Waals surface area contributed by atoms with Crippen LogP contribution in [0.15, 0.2) is 6.07 Å². The van der Waals surface area contributed by atoms with Gasteiger partial charge in [-0.25, -0.2) is 9.97 Å². The van der Waals surface area contributed by atoms with Crippen LogP contribution in [-0.4, -0.2) is 16.5 Å². The van der Waals surface area contributed by atoms with Crippen molar-refractivity contribution in [3.8, 4) is 0 Å². The Bertz CT molecular complexity index is 377. The minimum atomic E-state index is 0.558. The summed E-state index contributed by atoms with van der Waals surface area (Å²) in [5, 5.41) is 3.35. The molecule has 0 amide bonds. The van der Waals surface area contributed by atoms with E-state index >= 15 is 0 Å². The number of nitrogens with zero attached hydrogens (tertiary/aromatic N) is 2. The third-order valence-electron chi connectivity index (χ3n) is 3.28. The van der Waals surface area contributed by atoms with Crippen molar-refractivity contribution >= 4 is 11.6 Å². The van der Waals surface area contributed by atoms with Crippen molar-refractivity contribution in [2.45, 2.75) is 65.7 Å². The van der Waals surface area contributed by atoms with E-state index in [4.69, 9.17) is 5.73 Å². The quantitative estimate of drug-likeness (QED) is 0.634. The first-order chi connectivity index (χ1) is 9.61. The molecule has 0 aromatic carbocycles. The maximum absolute atomic E-state index is 5.80. The molecule has 3 N–H and O–H groups in total. The first-order valence-electron chi connectivity index (χ1n) is 7.99. The summed E-state index contributed by atoms with van der Waals surface area (Å²) in [6, 6.07) is 1.82. The van der Waals surface area contributed by atoms with Crippen LogP contribution in [-0.2, 0) is 6.42 Å². The summed E-state index contributed by atoms with van der Waals surface area (Å²) in [4.78, 5) is 8.71. The summed E-state index contributed by atoms with van der Waals surface area (Å²) < 4.78 is 0. The van der Waals surface area contributed by atoms with E-state index in [0.717, 1.165) is 36.9 Å². The van der Waals surface area contributed by atoms with E-state index in [2.05, 4.69) is 36.1 Å². The van der Waals surface area contributed by atoms with E-state index in [-0.39, 0.29) is 0 Å². The van der Waals surface area contributed by atoms with E-state index in [1.807, 2.05) is 6.07 Å². The highest BCUT2D eigenvalue weighted by Gasteiger charge is 2.01. The van der Waals surface area contributed by atoms with Crippen LogP contribution in [0, 0.1) is 5.92 Å². The maximum Gasteiger partial charge on any atom is 0.133 e. The Morgan fingerprint density at radius 2 is 1.90 bits per heavy atom. The van der Waals surface area contributed by atoms with Crippen LogP contribution in [0.1, 0.15) is 65.1 Å². The first kappa shape index (κ1) is 16.7. The standard InChI is InChI=1S/C16H30N4/c1-4-9-15-19-14(17)12-16(20-15)18-11-8-6-5-7-10-13(2)3/h12-13H,4-11H2,1-3H3,(H3,17,18,19,20). The maximum atomic E-state index is 5.80. The van der Waals surface area contributed by atoms with Crippen molar-refractivity contribution in [1.29, 1.82) is 0 Å². The van der Waals surface area contributed by atoms with Crippen molar-refractivity contribution in [3.05, 3.63) is 11.9 Å². The molecule has 4 nitrogen and oxygen atoms in total. The molecule has 0 saturated carbocycles. The Hall–Kier alpha value is -1.32. The van der Waals surface area contributed by atoms with Crippen molar-refractivity contribution in [2.75, 3.05) is 17.6 Å². The number of unbranched alkanes of at least 4 members (excludes halogenated alkanes) is 3. The highest BCUT2D eigenvalue weighted by Crippen LogP contribution is 2.12. The molecule has 1 rings (SSSR count). The van der Waals surface area contributed by atoms with E-state index in [1.54, 1.807) is 0 Å². The molecule has 0 fully saturated rings. The van der Waals surface area contributed by atoms with Gasteiger partial charge in [-0.1, -0.05) is 46.5 Å². The highest BCUT2D eigenvalue weighted by molar-refractivity contribution is 5.44. The smallest absolute Gasteiger partial charge is 0.133 e. The molecular weight excluding hydrogens is 248 g/mol. The highest BCUT2D eigenvalue weighted by atomic mass is 15.0. The van der Waals surface area contributed by atoms with Crippen LogP contribution in [0.25, 0.3) is 0 Å². The van der Waals surface area contributed by atoms with Crippen LogP contribution in [0.3, 0.4) is 0 Å². The van der Waals surface area contributed by atoms with Gasteiger partial charge in [-0.15, -0.1) is 0 Å². The lowest BCUT2D eigenvalue weighted by atomic mass is 10.0. The molecule has 4 heteroatoms. The van der Waals surface area contributed by atoms with E-state index in [9.17, 15) is 0 Å². The zero-order chi connectivity index (χ0) is 14.8. The molecule has 0 saturated heterocycles. The van der Waals surface area contributed by atoms with E-state index in [1.165, 1.54) is 32.1 Å². The number of aromatic nitrogens is 2. The second kappa shape index (κ2) is 9.56. The number of nitrogens with one attached hydrogen (secondary N) is 1. The second-order valence-electron chi connectivity index (χ2n) is 5.87. The Morgan fingerprint density at radius 1 is 1.15 bits per heavy atom. The summed E-state index contributed by atoms with van der Waals surface area (Å²) in [5.74, 6) is 3.09. The molecule has 114 valence electrons. The van der Waals surface area contributed by atoms with Crippen LogP contribution in [0.4, 0.5) is 11.6 Å². The largest absolute Gasteiger partial charge is 0.384 e. The molecule has 0 atom stereocenters. The van der Waals surface area contributed by atoms with Gasteiger partial charge in [-0.2, -0.15) is 0 Å². The van der Waals surface area contributed by atoms with Crippen LogP contribution in [0.5, 0.6) is 0 Å². The number of aryl methyl sites for hydroxylation is 1. The zero-order valence-corrected chi connectivity index (χ0v) is 13.3. The molecule has 0 aliphatic heterocycles. The van der Waals surface area contributed by atoms with Gasteiger partial charge in [0.1, 0.15) is 17.5 Å². The third kappa shape index (κ3) is 7.31. The number of nitrogens with two attached hydrogens (primary N) is 1. The topological polar surface area (TPSA) is 63.8 Å². The number of anilines is 2. The average molecular weight is 278 g/mol. The molecule has 1 heterocycles. The number of hydrogen-bond donors (Lipinski definition) is 2. The van der Waals surface area contributed by atoms with Gasteiger partial charge in [-0.3, -0.25) is 0 Å². The monoisotopic (exact) mass is 278 g/mol. The molecule has 0 aliphatic carbocycles. The lowest BCUT2D eigenvalue weighted by Crippen LogP contribution is -2.07. The van der Waals surface area contributed by atoms with Gasteiger partial charge >= 0.3 is 0 Å². The van der Waals surface area contributed by atoms with Crippen LogP contribution in [0.2, 0.25) is 0 Å². The second-order valence-corrected chi connectivity index (χ2v) is 5.87. The van der Waals surface area contributed by atoms with Gasteiger partial charge in [0.25, 0.3) is 0 Å². The molecule has 0 unspecified atom stereocenters. The average Bonchev–Trinajstić information content (AvgIpc) is 2.37. The summed E-state index contributed by atoms with van der Waals surface area (Å²) >= 11 is 0. The molecular formula is C16H30N4. The lowest BCUT2D eigenvalue weighted by Gasteiger charge is -2.08. The van der Waals surface area contributed by atoms with Gasteiger partial charge in [-0.05, 0) is 18.8 Å². The van der Waals surface area contributed by atoms with Crippen LogP contribution >= 0.6 is 0 Å². The fourth-order valence-corrected chi connectivity index (χ4v) is 2.19. The SMILES string of the molecule is CCCc1nc(N)cc(NCCCCCCC(C)C)n1. The molecule has 0 spiro atoms. The van der Waals surface area contributed by atoms with Gasteiger partial charge in [0.2, 0.25) is 0 Å². The van der Waals surface area contributed by atoms with Crippen LogP contribution < -0.4 is 11.1 Å². The number of rotatable bonds is 10. The van der Waals surface area contributed by atoms with Crippen molar-refractivity contribution in [1.82, 2.24) is 9.97 Å². The van der Waals surface area contributed by atoms with Gasteiger partial charge in [0, 0.05) is 19.0 Å². The minimum Gasteiger partial charge on any atom is -0.384 e. The Morgan fingerprint density at radius 3 is 2.60 bits per heavy atom. The van der Waals surface area contributed by atoms with E-state index < -0.39 is 0 Å². The number of hydrogen-bond acceptors (Lipinski definition) is 4. The summed E-state index contributed by atoms with van der Waals surface area (Å²) in [6.07, 6.45) is 8.41. The molecule has 1 aromatic heterocycles. The van der Waals surface area contributed by atoms with Crippen molar-refractivity contribution in [3.63, 3.8) is 0 Å². The Kier molecular flexibility index (Phi) is 8.00. The molecule has 0 radical (unpaired) electrons. The van der Waals surface area contributed by atoms with Gasteiger partial charge < -0.3 is 11.1 Å². The Labute approximate surface area is 123 Å². The fourth-order valence-electron chi connectivity index (χ4n) is 2.19. The summed E-state index contributed by atoms with van der Waals surface area (Å²) in [5.41, 5.74) is 5.80.